The normalized spacial score (nSPS) is 11.4. The lowest BCUT2D eigenvalue weighted by Crippen LogP contribution is -2.51. The van der Waals surface area contributed by atoms with Crippen molar-refractivity contribution < 1.29 is 4.57 Å². The maximum absolute atomic E-state index is 4.05. The third-order valence-electron chi connectivity index (χ3n) is 2.56. The fourth-order valence-corrected chi connectivity index (χ4v) is 1.79. The minimum Gasteiger partial charge on any atom is -0.265 e. The van der Waals surface area contributed by atoms with E-state index in [0.29, 0.717) is 0 Å². The predicted octanol–water partition coefficient (Wildman–Crippen LogP) is 2.79. The van der Waals surface area contributed by atoms with Crippen molar-refractivity contribution in [3.05, 3.63) is 48.9 Å². The van der Waals surface area contributed by atoms with Crippen LogP contribution in [0.2, 0.25) is 0 Å². The van der Waals surface area contributed by atoms with Crippen LogP contribution in [0.4, 0.5) is 0 Å². The van der Waals surface area contributed by atoms with Crippen molar-refractivity contribution in [3.8, 4) is 11.3 Å². The van der Waals surface area contributed by atoms with Crippen LogP contribution in [0.25, 0.3) is 11.3 Å². The second-order valence-corrected chi connectivity index (χ2v) is 4.86. The van der Waals surface area contributed by atoms with Crippen molar-refractivity contribution >= 4 is 0 Å². The summed E-state index contributed by atoms with van der Waals surface area (Å²) in [6.07, 6.45) is 5.78. The number of nitrogens with zero attached hydrogens (tertiary/aromatic N) is 2. The van der Waals surface area contributed by atoms with E-state index < -0.39 is 0 Å². The first-order valence-corrected chi connectivity index (χ1v) is 5.50. The highest BCUT2D eigenvalue weighted by Crippen LogP contribution is 2.17. The quantitative estimate of drug-likeness (QED) is 0.666. The molecule has 0 N–H and O–H groups in total. The fraction of sp³-hybridized carbons (Fsp3) is 0.286. The van der Waals surface area contributed by atoms with Crippen LogP contribution in [0.5, 0.6) is 0 Å². The molecule has 0 bridgehead atoms. The summed E-state index contributed by atoms with van der Waals surface area (Å²) in [5.41, 5.74) is 2.50. The van der Waals surface area contributed by atoms with Crippen LogP contribution in [0.3, 0.4) is 0 Å². The molecule has 2 aromatic heterocycles. The van der Waals surface area contributed by atoms with Crippen molar-refractivity contribution in [1.82, 2.24) is 4.98 Å². The second-order valence-electron chi connectivity index (χ2n) is 4.86. The average Bonchev–Trinajstić information content (AvgIpc) is 2.29. The third kappa shape index (κ3) is 2.11. The lowest BCUT2D eigenvalue weighted by molar-refractivity contribution is -0.744. The fourth-order valence-electron chi connectivity index (χ4n) is 1.79. The lowest BCUT2D eigenvalue weighted by atomic mass is 10.1. The summed E-state index contributed by atoms with van der Waals surface area (Å²) in [4.78, 5) is 4.05. The van der Waals surface area contributed by atoms with Gasteiger partial charge >= 0.3 is 0 Å². The van der Waals surface area contributed by atoms with Gasteiger partial charge in [-0.15, -0.1) is 0 Å². The lowest BCUT2D eigenvalue weighted by Gasteiger charge is -2.16. The smallest absolute Gasteiger partial charge is 0.213 e. The van der Waals surface area contributed by atoms with E-state index in [1.54, 1.807) is 0 Å². The molecule has 0 fully saturated rings. The van der Waals surface area contributed by atoms with Crippen molar-refractivity contribution in [2.24, 2.45) is 0 Å². The van der Waals surface area contributed by atoms with Gasteiger partial charge in [0, 0.05) is 50.9 Å². The van der Waals surface area contributed by atoms with Crippen LogP contribution in [-0.4, -0.2) is 4.98 Å². The molecule has 0 amide bonds. The largest absolute Gasteiger partial charge is 0.265 e. The van der Waals surface area contributed by atoms with Crippen LogP contribution in [0.15, 0.2) is 48.9 Å². The Balaban J connectivity index is 2.58. The van der Waals surface area contributed by atoms with Crippen LogP contribution in [-0.2, 0) is 5.54 Å². The van der Waals surface area contributed by atoms with Gasteiger partial charge in [-0.3, -0.25) is 4.98 Å². The summed E-state index contributed by atoms with van der Waals surface area (Å²) in [5.74, 6) is 0. The Bertz CT molecular complexity index is 470. The van der Waals surface area contributed by atoms with E-state index in [0.717, 1.165) is 0 Å². The van der Waals surface area contributed by atoms with E-state index in [1.165, 1.54) is 11.3 Å². The van der Waals surface area contributed by atoms with E-state index in [2.05, 4.69) is 54.7 Å². The molecule has 0 spiro atoms. The zero-order valence-electron chi connectivity index (χ0n) is 10.0. The molecule has 0 aromatic carbocycles. The molecule has 0 aliphatic heterocycles. The molecule has 0 aliphatic rings. The topological polar surface area (TPSA) is 16.8 Å². The first-order valence-electron chi connectivity index (χ1n) is 5.50. The summed E-state index contributed by atoms with van der Waals surface area (Å²) in [6.45, 7) is 6.62. The highest BCUT2D eigenvalue weighted by Gasteiger charge is 2.25. The Morgan fingerprint density at radius 3 is 2.31 bits per heavy atom. The maximum atomic E-state index is 4.05. The number of hydrogen-bond acceptors (Lipinski definition) is 1. The number of aromatic nitrogens is 2. The summed E-state index contributed by atoms with van der Waals surface area (Å²) in [5, 5.41) is 0. The van der Waals surface area contributed by atoms with E-state index in [1.807, 2.05) is 24.5 Å². The number of hydrogen-bond donors (Lipinski definition) is 0. The van der Waals surface area contributed by atoms with Gasteiger partial charge in [0.05, 0.1) is 0 Å². The maximum Gasteiger partial charge on any atom is 0.213 e. The monoisotopic (exact) mass is 213 g/mol. The second kappa shape index (κ2) is 4.05. The molecule has 0 aliphatic carbocycles. The van der Waals surface area contributed by atoms with Gasteiger partial charge in [-0.2, -0.15) is 4.57 Å². The molecule has 0 saturated carbocycles. The molecule has 2 heteroatoms. The Hall–Kier alpha value is -1.70. The highest BCUT2D eigenvalue weighted by molar-refractivity contribution is 5.54. The van der Waals surface area contributed by atoms with Gasteiger partial charge in [0.15, 0.2) is 11.7 Å². The molecular weight excluding hydrogens is 196 g/mol. The van der Waals surface area contributed by atoms with Gasteiger partial charge in [0.2, 0.25) is 5.69 Å². The zero-order valence-corrected chi connectivity index (χ0v) is 10.0. The summed E-state index contributed by atoms with van der Waals surface area (Å²) in [7, 11) is 0. The molecule has 2 rings (SSSR count). The van der Waals surface area contributed by atoms with Crippen molar-refractivity contribution in [2.75, 3.05) is 0 Å². The van der Waals surface area contributed by atoms with E-state index in [-0.39, 0.29) is 5.54 Å². The molecule has 0 atom stereocenters. The van der Waals surface area contributed by atoms with Gasteiger partial charge in [0.25, 0.3) is 0 Å². The molecule has 0 radical (unpaired) electrons. The Labute approximate surface area is 96.6 Å². The minimum atomic E-state index is 0.0832. The highest BCUT2D eigenvalue weighted by atomic mass is 15.0. The third-order valence-corrected chi connectivity index (χ3v) is 2.56. The zero-order chi connectivity index (χ0) is 11.6. The van der Waals surface area contributed by atoms with Crippen molar-refractivity contribution in [3.63, 3.8) is 0 Å². The Morgan fingerprint density at radius 1 is 1.00 bits per heavy atom. The van der Waals surface area contributed by atoms with Crippen LogP contribution in [0, 0.1) is 0 Å². The molecule has 2 nitrogen and oxygen atoms in total. The minimum absolute atomic E-state index is 0.0832. The van der Waals surface area contributed by atoms with E-state index in [9.17, 15) is 0 Å². The van der Waals surface area contributed by atoms with Gasteiger partial charge in [-0.1, -0.05) is 0 Å². The predicted molar refractivity (Wildman–Crippen MR) is 64.9 cm³/mol. The molecular formula is C14H17N2+. The molecule has 16 heavy (non-hydrogen) atoms. The van der Waals surface area contributed by atoms with Gasteiger partial charge in [0.1, 0.15) is 0 Å². The molecule has 2 heterocycles. The first kappa shape index (κ1) is 10.8. The molecule has 0 unspecified atom stereocenters. The molecule has 0 saturated heterocycles. The first-order chi connectivity index (χ1) is 7.59. The number of pyridine rings is 2. The van der Waals surface area contributed by atoms with E-state index in [4.69, 9.17) is 0 Å². The Kier molecular flexibility index (Phi) is 2.73. The van der Waals surface area contributed by atoms with Gasteiger partial charge in [-0.05, 0) is 18.2 Å². The van der Waals surface area contributed by atoms with Crippen LogP contribution < -0.4 is 4.57 Å². The summed E-state index contributed by atoms with van der Waals surface area (Å²) < 4.78 is 2.28. The standard InChI is InChI=1S/C14H17N2/c1-14(2,3)16-11-5-4-6-13(16)12-7-9-15-10-8-12/h4-11H,1-3H3/q+1. The van der Waals surface area contributed by atoms with E-state index >= 15 is 0 Å². The van der Waals surface area contributed by atoms with Crippen molar-refractivity contribution in [2.45, 2.75) is 26.3 Å². The summed E-state index contributed by atoms with van der Waals surface area (Å²) >= 11 is 0. The average molecular weight is 213 g/mol. The van der Waals surface area contributed by atoms with Crippen LogP contribution in [0.1, 0.15) is 20.8 Å². The summed E-state index contributed by atoms with van der Waals surface area (Å²) in [6, 6.07) is 10.4. The number of rotatable bonds is 1. The van der Waals surface area contributed by atoms with Crippen molar-refractivity contribution in [1.29, 1.82) is 0 Å². The van der Waals surface area contributed by atoms with Crippen LogP contribution >= 0.6 is 0 Å². The van der Waals surface area contributed by atoms with Gasteiger partial charge in [-0.25, -0.2) is 0 Å². The van der Waals surface area contributed by atoms with Gasteiger partial charge < -0.3 is 0 Å². The molecule has 82 valence electrons. The SMILES string of the molecule is CC(C)(C)[n+]1ccccc1-c1ccncc1. The Morgan fingerprint density at radius 2 is 1.69 bits per heavy atom. The molecule has 2 aromatic rings.